The summed E-state index contributed by atoms with van der Waals surface area (Å²) >= 11 is 1.66. The van der Waals surface area contributed by atoms with E-state index in [1.165, 1.54) is 12.8 Å². The van der Waals surface area contributed by atoms with E-state index in [0.717, 1.165) is 34.5 Å². The van der Waals surface area contributed by atoms with Gasteiger partial charge < -0.3 is 10.0 Å². The van der Waals surface area contributed by atoms with E-state index in [1.54, 1.807) is 16.2 Å². The van der Waals surface area contributed by atoms with Crippen LogP contribution in [0.5, 0.6) is 0 Å². The van der Waals surface area contributed by atoms with Crippen molar-refractivity contribution < 1.29 is 9.90 Å². The molecule has 1 aromatic heterocycles. The lowest BCUT2D eigenvalue weighted by atomic mass is 9.94. The summed E-state index contributed by atoms with van der Waals surface area (Å²) in [7, 11) is 2.19. The van der Waals surface area contributed by atoms with Gasteiger partial charge in [0, 0.05) is 28.6 Å². The Hall–Kier alpha value is -1.85. The van der Waals surface area contributed by atoms with Gasteiger partial charge in [-0.1, -0.05) is 24.3 Å². The molecular weight excluding hydrogens is 332 g/mol. The normalized spacial score (nSPS) is 25.9. The molecular formula is C20H24N2O2S. The van der Waals surface area contributed by atoms with Crippen molar-refractivity contribution in [1.82, 2.24) is 4.90 Å². The van der Waals surface area contributed by atoms with Crippen LogP contribution < -0.4 is 4.90 Å². The Bertz CT molecular complexity index is 760. The van der Waals surface area contributed by atoms with Gasteiger partial charge in [-0.05, 0) is 56.7 Å². The summed E-state index contributed by atoms with van der Waals surface area (Å²) < 4.78 is 0. The first-order valence-corrected chi connectivity index (χ1v) is 9.82. The number of amides is 1. The SMILES string of the molecule is Cc1cccc(-c2cccs2)c1N(C(=O)O)[C@H]1C[C@H]2CC[C@@H](C1)N2C. The molecule has 0 radical (unpaired) electrons. The molecule has 0 unspecified atom stereocenters. The number of benzene rings is 1. The van der Waals surface area contributed by atoms with Crippen LogP contribution in [-0.2, 0) is 0 Å². The number of carboxylic acid groups (broad SMARTS) is 1. The van der Waals surface area contributed by atoms with Crippen molar-refractivity contribution in [2.24, 2.45) is 0 Å². The minimum absolute atomic E-state index is 0.0611. The molecule has 0 spiro atoms. The van der Waals surface area contributed by atoms with Crippen molar-refractivity contribution in [3.05, 3.63) is 41.3 Å². The fourth-order valence-corrected chi connectivity index (χ4v) is 5.39. The fraction of sp³-hybridized carbons (Fsp3) is 0.450. The number of thiophene rings is 1. The third-order valence-electron chi connectivity index (χ3n) is 5.91. The van der Waals surface area contributed by atoms with Gasteiger partial charge >= 0.3 is 6.09 Å². The quantitative estimate of drug-likeness (QED) is 0.856. The first kappa shape index (κ1) is 16.6. The molecule has 1 N–H and O–H groups in total. The molecule has 1 aromatic carbocycles. The molecule has 4 nitrogen and oxygen atoms in total. The maximum Gasteiger partial charge on any atom is 0.412 e. The van der Waals surface area contributed by atoms with E-state index in [-0.39, 0.29) is 6.04 Å². The maximum atomic E-state index is 12.3. The number of carbonyl (C=O) groups is 1. The molecule has 2 bridgehead atoms. The first-order valence-electron chi connectivity index (χ1n) is 8.94. The largest absolute Gasteiger partial charge is 0.465 e. The Kier molecular flexibility index (Phi) is 4.29. The highest BCUT2D eigenvalue weighted by atomic mass is 32.1. The van der Waals surface area contributed by atoms with Crippen molar-refractivity contribution in [3.8, 4) is 10.4 Å². The van der Waals surface area contributed by atoms with E-state index in [9.17, 15) is 9.90 Å². The molecule has 5 heteroatoms. The standard InChI is InChI=1S/C20H24N2O2S/c1-13-5-3-6-17(18-7-4-10-25-18)19(13)22(20(23)24)16-11-14-8-9-15(12-16)21(14)2/h3-7,10,14-16H,8-9,11-12H2,1-2H3,(H,23,24)/t14-,15+,16+. The number of nitrogens with zero attached hydrogens (tertiary/aromatic N) is 2. The number of anilines is 1. The number of para-hydroxylation sites is 1. The average Bonchev–Trinajstić information content (AvgIpc) is 3.16. The van der Waals surface area contributed by atoms with Crippen LogP contribution in [0.3, 0.4) is 0 Å². The third-order valence-corrected chi connectivity index (χ3v) is 6.81. The molecule has 0 saturated carbocycles. The van der Waals surface area contributed by atoms with Gasteiger partial charge in [0.05, 0.1) is 5.69 Å². The summed E-state index contributed by atoms with van der Waals surface area (Å²) in [4.78, 5) is 17.6. The van der Waals surface area contributed by atoms with Gasteiger partial charge in [-0.25, -0.2) is 4.79 Å². The van der Waals surface area contributed by atoms with Crippen LogP contribution >= 0.6 is 11.3 Å². The second kappa shape index (κ2) is 6.46. The minimum atomic E-state index is -0.832. The molecule has 2 aliphatic rings. The summed E-state index contributed by atoms with van der Waals surface area (Å²) in [6.45, 7) is 2.02. The van der Waals surface area contributed by atoms with E-state index >= 15 is 0 Å². The smallest absolute Gasteiger partial charge is 0.412 e. The van der Waals surface area contributed by atoms with Crippen molar-refractivity contribution in [2.45, 2.75) is 50.7 Å². The van der Waals surface area contributed by atoms with Crippen molar-refractivity contribution in [2.75, 3.05) is 11.9 Å². The van der Waals surface area contributed by atoms with Gasteiger partial charge in [-0.15, -0.1) is 11.3 Å². The van der Waals surface area contributed by atoms with Gasteiger partial charge in [0.2, 0.25) is 0 Å². The zero-order valence-electron chi connectivity index (χ0n) is 14.7. The van der Waals surface area contributed by atoms with Gasteiger partial charge in [0.1, 0.15) is 0 Å². The molecule has 2 saturated heterocycles. The molecule has 2 fully saturated rings. The summed E-state index contributed by atoms with van der Waals surface area (Å²) in [5, 5.41) is 12.1. The summed E-state index contributed by atoms with van der Waals surface area (Å²) in [6.07, 6.45) is 3.41. The second-order valence-corrected chi connectivity index (χ2v) is 8.22. The zero-order chi connectivity index (χ0) is 17.6. The third kappa shape index (κ3) is 2.85. The van der Waals surface area contributed by atoms with Crippen LogP contribution in [-0.4, -0.2) is 41.3 Å². The molecule has 3 heterocycles. The zero-order valence-corrected chi connectivity index (χ0v) is 15.5. The lowest BCUT2D eigenvalue weighted by Gasteiger charge is -2.41. The number of hydrogen-bond donors (Lipinski definition) is 1. The molecule has 2 aromatic rings. The highest BCUT2D eigenvalue weighted by molar-refractivity contribution is 7.13. The van der Waals surface area contributed by atoms with Crippen LogP contribution in [0.1, 0.15) is 31.2 Å². The van der Waals surface area contributed by atoms with Crippen LogP contribution in [0.2, 0.25) is 0 Å². The van der Waals surface area contributed by atoms with Gasteiger partial charge in [0.15, 0.2) is 0 Å². The lowest BCUT2D eigenvalue weighted by Crippen LogP contribution is -2.51. The summed E-state index contributed by atoms with van der Waals surface area (Å²) in [6, 6.07) is 11.3. The Morgan fingerprint density at radius 1 is 1.20 bits per heavy atom. The van der Waals surface area contributed by atoms with Gasteiger partial charge in [-0.2, -0.15) is 0 Å². The average molecular weight is 356 g/mol. The Morgan fingerprint density at radius 3 is 2.52 bits per heavy atom. The number of aryl methyl sites for hydroxylation is 1. The maximum absolute atomic E-state index is 12.3. The fourth-order valence-electron chi connectivity index (χ4n) is 4.64. The van der Waals surface area contributed by atoms with E-state index in [1.807, 2.05) is 36.6 Å². The van der Waals surface area contributed by atoms with E-state index < -0.39 is 6.09 Å². The molecule has 2 aliphatic heterocycles. The van der Waals surface area contributed by atoms with Crippen LogP contribution in [0.15, 0.2) is 35.7 Å². The van der Waals surface area contributed by atoms with Crippen LogP contribution in [0.4, 0.5) is 10.5 Å². The van der Waals surface area contributed by atoms with Crippen LogP contribution in [0.25, 0.3) is 10.4 Å². The number of piperidine rings is 1. The first-order chi connectivity index (χ1) is 12.1. The molecule has 4 rings (SSSR count). The van der Waals surface area contributed by atoms with Crippen molar-refractivity contribution in [1.29, 1.82) is 0 Å². The van der Waals surface area contributed by atoms with Crippen molar-refractivity contribution >= 4 is 23.1 Å². The van der Waals surface area contributed by atoms with Crippen LogP contribution in [0, 0.1) is 6.92 Å². The number of hydrogen-bond acceptors (Lipinski definition) is 3. The van der Waals surface area contributed by atoms with Crippen molar-refractivity contribution in [3.63, 3.8) is 0 Å². The van der Waals surface area contributed by atoms with Gasteiger partial charge in [-0.3, -0.25) is 4.90 Å². The molecule has 25 heavy (non-hydrogen) atoms. The predicted molar refractivity (Wildman–Crippen MR) is 103 cm³/mol. The van der Waals surface area contributed by atoms with Gasteiger partial charge in [0.25, 0.3) is 0 Å². The number of rotatable bonds is 3. The minimum Gasteiger partial charge on any atom is -0.465 e. The molecule has 132 valence electrons. The highest BCUT2D eigenvalue weighted by Crippen LogP contribution is 2.42. The monoisotopic (exact) mass is 356 g/mol. The number of fused-ring (bicyclic) bond motifs is 2. The molecule has 3 atom stereocenters. The lowest BCUT2D eigenvalue weighted by molar-refractivity contribution is 0.151. The second-order valence-electron chi connectivity index (χ2n) is 7.28. The topological polar surface area (TPSA) is 43.8 Å². The summed E-state index contributed by atoms with van der Waals surface area (Å²) in [5.41, 5.74) is 2.93. The Balaban J connectivity index is 1.77. The summed E-state index contributed by atoms with van der Waals surface area (Å²) in [5.74, 6) is 0. The van der Waals surface area contributed by atoms with E-state index in [2.05, 4.69) is 18.0 Å². The predicted octanol–water partition coefficient (Wildman–Crippen LogP) is 4.83. The van der Waals surface area contributed by atoms with E-state index in [4.69, 9.17) is 0 Å². The molecule has 1 amide bonds. The molecule has 0 aliphatic carbocycles. The highest BCUT2D eigenvalue weighted by Gasteiger charge is 2.42. The Morgan fingerprint density at radius 2 is 1.92 bits per heavy atom. The van der Waals surface area contributed by atoms with E-state index in [0.29, 0.717) is 12.1 Å². The Labute approximate surface area is 152 Å².